The molecule has 1 aliphatic heterocycles. The number of carbonyl (C=O) groups is 2. The highest BCUT2D eigenvalue weighted by Crippen LogP contribution is 2.27. The van der Waals surface area contributed by atoms with Crippen LogP contribution in [0.1, 0.15) is 20.3 Å². The van der Waals surface area contributed by atoms with E-state index < -0.39 is 5.92 Å². The van der Waals surface area contributed by atoms with Gasteiger partial charge < -0.3 is 0 Å². The molecule has 0 aromatic heterocycles. The average Bonchev–Trinajstić information content (AvgIpc) is 2.56. The van der Waals surface area contributed by atoms with Gasteiger partial charge in [0.05, 0.1) is 11.6 Å². The van der Waals surface area contributed by atoms with Crippen LogP contribution in [-0.2, 0) is 9.59 Å². The molecular formula is C13H13BrN2O2. The number of amides is 1. The number of hydrogen-bond donors (Lipinski definition) is 0. The van der Waals surface area contributed by atoms with Gasteiger partial charge in [0.1, 0.15) is 5.78 Å². The fourth-order valence-corrected chi connectivity index (χ4v) is 2.31. The molecule has 0 radical (unpaired) electrons. The fraction of sp³-hybridized carbons (Fsp3) is 0.308. The van der Waals surface area contributed by atoms with Gasteiger partial charge in [0.2, 0.25) is 0 Å². The van der Waals surface area contributed by atoms with E-state index in [1.807, 2.05) is 24.3 Å². The van der Waals surface area contributed by atoms with Crippen molar-refractivity contribution in [2.45, 2.75) is 20.3 Å². The first kappa shape index (κ1) is 13.0. The molecule has 1 atom stereocenters. The number of Topliss-reactive ketones (excluding diaryl/α,β-unsaturated/α-hetero) is 1. The van der Waals surface area contributed by atoms with Gasteiger partial charge in [-0.2, -0.15) is 5.10 Å². The molecule has 1 aromatic rings. The second-order valence-corrected chi connectivity index (χ2v) is 5.25. The van der Waals surface area contributed by atoms with Crippen molar-refractivity contribution in [1.82, 2.24) is 0 Å². The molecule has 0 saturated carbocycles. The van der Waals surface area contributed by atoms with Crippen molar-refractivity contribution in [2.24, 2.45) is 11.0 Å². The maximum atomic E-state index is 12.2. The predicted molar refractivity (Wildman–Crippen MR) is 73.5 cm³/mol. The molecule has 18 heavy (non-hydrogen) atoms. The van der Waals surface area contributed by atoms with E-state index in [4.69, 9.17) is 0 Å². The summed E-state index contributed by atoms with van der Waals surface area (Å²) in [6.07, 6.45) is 0.221. The Labute approximate surface area is 114 Å². The third-order valence-corrected chi connectivity index (χ3v) is 3.31. The first-order valence-corrected chi connectivity index (χ1v) is 6.42. The van der Waals surface area contributed by atoms with Crippen LogP contribution in [0.4, 0.5) is 5.69 Å². The minimum atomic E-state index is -0.415. The average molecular weight is 309 g/mol. The van der Waals surface area contributed by atoms with E-state index in [1.54, 1.807) is 6.92 Å². The summed E-state index contributed by atoms with van der Waals surface area (Å²) >= 11 is 3.36. The Balaban J connectivity index is 2.28. The minimum absolute atomic E-state index is 0.000933. The molecule has 1 aromatic carbocycles. The lowest BCUT2D eigenvalue weighted by molar-refractivity contribution is -0.124. The summed E-state index contributed by atoms with van der Waals surface area (Å²) in [5.41, 5.74) is 1.40. The monoisotopic (exact) mass is 308 g/mol. The number of benzene rings is 1. The van der Waals surface area contributed by atoms with Crippen LogP contribution in [0.25, 0.3) is 0 Å². The van der Waals surface area contributed by atoms with Gasteiger partial charge in [0.15, 0.2) is 0 Å². The number of carbonyl (C=O) groups excluding carboxylic acids is 2. The highest BCUT2D eigenvalue weighted by Gasteiger charge is 2.34. The van der Waals surface area contributed by atoms with Crippen LogP contribution in [0.2, 0.25) is 0 Å². The molecule has 1 aliphatic rings. The Bertz CT molecular complexity index is 540. The van der Waals surface area contributed by atoms with Crippen molar-refractivity contribution >= 4 is 39.0 Å². The van der Waals surface area contributed by atoms with E-state index in [1.165, 1.54) is 11.9 Å². The largest absolute Gasteiger partial charge is 0.300 e. The molecule has 0 aliphatic carbocycles. The molecule has 1 heterocycles. The number of nitrogens with zero attached hydrogens (tertiary/aromatic N) is 2. The second kappa shape index (κ2) is 5.02. The summed E-state index contributed by atoms with van der Waals surface area (Å²) in [7, 11) is 0. The Morgan fingerprint density at radius 2 is 2.22 bits per heavy atom. The zero-order valence-corrected chi connectivity index (χ0v) is 11.8. The van der Waals surface area contributed by atoms with Gasteiger partial charge in [0.25, 0.3) is 5.91 Å². The molecule has 1 amide bonds. The third kappa shape index (κ3) is 2.51. The first-order chi connectivity index (χ1) is 8.49. The van der Waals surface area contributed by atoms with Gasteiger partial charge in [-0.15, -0.1) is 0 Å². The Morgan fingerprint density at radius 3 is 2.83 bits per heavy atom. The van der Waals surface area contributed by atoms with Gasteiger partial charge in [-0.3, -0.25) is 9.59 Å². The van der Waals surface area contributed by atoms with Gasteiger partial charge in [-0.1, -0.05) is 22.0 Å². The summed E-state index contributed by atoms with van der Waals surface area (Å²) in [4.78, 5) is 23.4. The van der Waals surface area contributed by atoms with Crippen LogP contribution >= 0.6 is 15.9 Å². The summed E-state index contributed by atoms with van der Waals surface area (Å²) in [6.45, 7) is 3.27. The van der Waals surface area contributed by atoms with Crippen LogP contribution in [-0.4, -0.2) is 17.4 Å². The molecule has 4 nitrogen and oxygen atoms in total. The van der Waals surface area contributed by atoms with Gasteiger partial charge in [-0.25, -0.2) is 5.01 Å². The summed E-state index contributed by atoms with van der Waals surface area (Å²) < 4.78 is 0.885. The van der Waals surface area contributed by atoms with E-state index in [0.29, 0.717) is 11.4 Å². The quantitative estimate of drug-likeness (QED) is 0.862. The molecule has 0 bridgehead atoms. The molecule has 0 saturated heterocycles. The Kier molecular flexibility index (Phi) is 3.61. The predicted octanol–water partition coefficient (Wildman–Crippen LogP) is 2.77. The number of ketones is 1. The molecule has 5 heteroatoms. The fourth-order valence-electron chi connectivity index (χ4n) is 1.92. The van der Waals surface area contributed by atoms with Crippen molar-refractivity contribution < 1.29 is 9.59 Å². The number of hydrazone groups is 1. The lowest BCUT2D eigenvalue weighted by Crippen LogP contribution is -2.28. The summed E-state index contributed by atoms with van der Waals surface area (Å²) in [6, 6.07) is 7.37. The molecular weight excluding hydrogens is 296 g/mol. The van der Waals surface area contributed by atoms with E-state index in [-0.39, 0.29) is 18.1 Å². The lowest BCUT2D eigenvalue weighted by Gasteiger charge is -2.13. The van der Waals surface area contributed by atoms with Crippen LogP contribution in [0.5, 0.6) is 0 Å². The summed E-state index contributed by atoms with van der Waals surface area (Å²) in [5.74, 6) is -0.554. The number of halogens is 1. The van der Waals surface area contributed by atoms with E-state index in [2.05, 4.69) is 21.0 Å². The van der Waals surface area contributed by atoms with Crippen molar-refractivity contribution in [3.8, 4) is 0 Å². The van der Waals surface area contributed by atoms with Gasteiger partial charge >= 0.3 is 0 Å². The van der Waals surface area contributed by atoms with Crippen molar-refractivity contribution in [1.29, 1.82) is 0 Å². The third-order valence-electron chi connectivity index (χ3n) is 2.81. The van der Waals surface area contributed by atoms with E-state index in [0.717, 1.165) is 4.47 Å². The standard InChI is InChI=1S/C13H13BrN2O2/c1-8(17)6-12-9(2)15-16(13(12)18)11-5-3-4-10(14)7-11/h3-5,7,12H,6H2,1-2H3. The van der Waals surface area contributed by atoms with Crippen LogP contribution in [0.3, 0.4) is 0 Å². The first-order valence-electron chi connectivity index (χ1n) is 5.63. The van der Waals surface area contributed by atoms with E-state index >= 15 is 0 Å². The maximum absolute atomic E-state index is 12.2. The Hall–Kier alpha value is -1.49. The van der Waals surface area contributed by atoms with Crippen LogP contribution in [0.15, 0.2) is 33.8 Å². The zero-order valence-electron chi connectivity index (χ0n) is 10.2. The van der Waals surface area contributed by atoms with Crippen molar-refractivity contribution in [2.75, 3.05) is 5.01 Å². The molecule has 0 spiro atoms. The molecule has 1 unspecified atom stereocenters. The zero-order chi connectivity index (χ0) is 13.3. The van der Waals surface area contributed by atoms with Gasteiger partial charge in [-0.05, 0) is 32.0 Å². The molecule has 2 rings (SSSR count). The molecule has 0 N–H and O–H groups in total. The maximum Gasteiger partial charge on any atom is 0.256 e. The number of anilines is 1. The van der Waals surface area contributed by atoms with Gasteiger partial charge in [0, 0.05) is 16.6 Å². The normalized spacial score (nSPS) is 19.1. The SMILES string of the molecule is CC(=O)CC1C(=O)N(c2cccc(Br)c2)N=C1C. The molecule has 94 valence electrons. The van der Waals surface area contributed by atoms with Crippen molar-refractivity contribution in [3.05, 3.63) is 28.7 Å². The Morgan fingerprint density at radius 1 is 1.50 bits per heavy atom. The minimum Gasteiger partial charge on any atom is -0.300 e. The highest BCUT2D eigenvalue weighted by atomic mass is 79.9. The second-order valence-electron chi connectivity index (χ2n) is 4.33. The smallest absolute Gasteiger partial charge is 0.256 e. The topological polar surface area (TPSA) is 49.7 Å². The summed E-state index contributed by atoms with van der Waals surface area (Å²) in [5, 5.41) is 5.61. The van der Waals surface area contributed by atoms with Crippen LogP contribution in [0, 0.1) is 5.92 Å². The van der Waals surface area contributed by atoms with Crippen LogP contribution < -0.4 is 5.01 Å². The van der Waals surface area contributed by atoms with Crippen molar-refractivity contribution in [3.63, 3.8) is 0 Å². The molecule has 0 fully saturated rings. The number of hydrogen-bond acceptors (Lipinski definition) is 3. The highest BCUT2D eigenvalue weighted by molar-refractivity contribution is 9.10. The number of rotatable bonds is 3. The van der Waals surface area contributed by atoms with E-state index in [9.17, 15) is 9.59 Å². The lowest BCUT2D eigenvalue weighted by atomic mass is 9.98.